The number of hydrogen-bond donors (Lipinski definition) is 0. The van der Waals surface area contributed by atoms with Crippen molar-refractivity contribution >= 4 is 11.3 Å². The number of nitrogens with zero attached hydrogens (tertiary/aromatic N) is 2. The number of hydrogen-bond acceptors (Lipinski definition) is 5. The second kappa shape index (κ2) is 9.48. The van der Waals surface area contributed by atoms with Crippen LogP contribution in [0.3, 0.4) is 0 Å². The third kappa shape index (κ3) is 5.41. The van der Waals surface area contributed by atoms with Gasteiger partial charge < -0.3 is 9.47 Å². The summed E-state index contributed by atoms with van der Waals surface area (Å²) in [7, 11) is 1.67. The Labute approximate surface area is 174 Å². The highest BCUT2D eigenvalue weighted by Gasteiger charge is 2.20. The highest BCUT2D eigenvalue weighted by molar-refractivity contribution is 7.13. The first kappa shape index (κ1) is 20.0. The van der Waals surface area contributed by atoms with Crippen LogP contribution in [0.5, 0.6) is 5.75 Å². The van der Waals surface area contributed by atoms with Crippen molar-refractivity contribution in [3.8, 4) is 16.3 Å². The fourth-order valence-corrected chi connectivity index (χ4v) is 4.46. The zero-order valence-corrected chi connectivity index (χ0v) is 17.3. The average molecular weight is 413 g/mol. The molecule has 3 aromatic rings. The molecule has 0 spiro atoms. The Bertz CT molecular complexity index is 940. The van der Waals surface area contributed by atoms with E-state index in [1.165, 1.54) is 6.07 Å². The summed E-state index contributed by atoms with van der Waals surface area (Å²) in [5, 5.41) is 3.07. The fourth-order valence-electron chi connectivity index (χ4n) is 3.65. The minimum atomic E-state index is -0.200. The van der Waals surface area contributed by atoms with E-state index in [1.807, 2.05) is 30.3 Å². The van der Waals surface area contributed by atoms with Crippen LogP contribution in [0.2, 0.25) is 0 Å². The summed E-state index contributed by atoms with van der Waals surface area (Å²) < 4.78 is 24.8. The molecule has 1 aromatic heterocycles. The SMILES string of the molecule is COc1cccc(-c2nc(CN(Cc3cccc(F)c3)CC3CCCO3)cs2)c1. The van der Waals surface area contributed by atoms with E-state index in [-0.39, 0.29) is 11.9 Å². The molecule has 1 aliphatic rings. The molecule has 152 valence electrons. The van der Waals surface area contributed by atoms with Crippen molar-refractivity contribution in [3.63, 3.8) is 0 Å². The lowest BCUT2D eigenvalue weighted by Crippen LogP contribution is -2.31. The summed E-state index contributed by atoms with van der Waals surface area (Å²) in [5.41, 5.74) is 3.03. The summed E-state index contributed by atoms with van der Waals surface area (Å²) in [6.07, 6.45) is 2.42. The first-order valence-corrected chi connectivity index (χ1v) is 10.7. The number of methoxy groups -OCH3 is 1. The lowest BCUT2D eigenvalue weighted by atomic mass is 10.1. The molecule has 4 rings (SSSR count). The van der Waals surface area contributed by atoms with Crippen molar-refractivity contribution in [3.05, 3.63) is 71.0 Å². The van der Waals surface area contributed by atoms with Crippen LogP contribution in [0.1, 0.15) is 24.1 Å². The maximum atomic E-state index is 13.6. The van der Waals surface area contributed by atoms with Crippen molar-refractivity contribution in [1.82, 2.24) is 9.88 Å². The minimum absolute atomic E-state index is 0.200. The molecule has 2 aromatic carbocycles. The number of benzene rings is 2. The second-order valence-electron chi connectivity index (χ2n) is 7.31. The monoisotopic (exact) mass is 412 g/mol. The Balaban J connectivity index is 1.49. The Morgan fingerprint density at radius 3 is 2.90 bits per heavy atom. The van der Waals surface area contributed by atoms with E-state index in [1.54, 1.807) is 30.6 Å². The van der Waals surface area contributed by atoms with Crippen LogP contribution < -0.4 is 4.74 Å². The van der Waals surface area contributed by atoms with Gasteiger partial charge in [-0.3, -0.25) is 4.90 Å². The molecular formula is C23H25FN2O2S. The van der Waals surface area contributed by atoms with E-state index in [9.17, 15) is 4.39 Å². The highest BCUT2D eigenvalue weighted by Crippen LogP contribution is 2.27. The first-order chi connectivity index (χ1) is 14.2. The number of rotatable bonds is 8. The molecule has 29 heavy (non-hydrogen) atoms. The van der Waals surface area contributed by atoms with Gasteiger partial charge >= 0.3 is 0 Å². The Kier molecular flexibility index (Phi) is 6.54. The summed E-state index contributed by atoms with van der Waals surface area (Å²) in [6, 6.07) is 14.8. The molecule has 1 fully saturated rings. The third-order valence-electron chi connectivity index (χ3n) is 5.04. The topological polar surface area (TPSA) is 34.6 Å². The summed E-state index contributed by atoms with van der Waals surface area (Å²) in [6.45, 7) is 3.03. The molecule has 2 heterocycles. The maximum absolute atomic E-state index is 13.6. The maximum Gasteiger partial charge on any atom is 0.123 e. The number of aromatic nitrogens is 1. The lowest BCUT2D eigenvalue weighted by Gasteiger charge is -2.24. The van der Waals surface area contributed by atoms with Crippen LogP contribution in [0, 0.1) is 5.82 Å². The predicted molar refractivity (Wildman–Crippen MR) is 114 cm³/mol. The molecule has 1 unspecified atom stereocenters. The van der Waals surface area contributed by atoms with Gasteiger partial charge in [0.15, 0.2) is 0 Å². The van der Waals surface area contributed by atoms with Gasteiger partial charge in [0.1, 0.15) is 16.6 Å². The van der Waals surface area contributed by atoms with Gasteiger partial charge in [-0.15, -0.1) is 11.3 Å². The van der Waals surface area contributed by atoms with E-state index in [4.69, 9.17) is 14.5 Å². The molecule has 6 heteroatoms. The van der Waals surface area contributed by atoms with E-state index < -0.39 is 0 Å². The zero-order valence-electron chi connectivity index (χ0n) is 16.5. The zero-order chi connectivity index (χ0) is 20.1. The Hall–Kier alpha value is -2.28. The normalized spacial score (nSPS) is 16.4. The van der Waals surface area contributed by atoms with Crippen molar-refractivity contribution in [1.29, 1.82) is 0 Å². The largest absolute Gasteiger partial charge is 0.497 e. The summed E-state index contributed by atoms with van der Waals surface area (Å²) in [4.78, 5) is 7.14. The van der Waals surface area contributed by atoms with Crippen LogP contribution in [0.4, 0.5) is 4.39 Å². The standard InChI is InChI=1S/C23H25FN2O2S/c1-27-21-8-3-6-18(12-21)23-25-20(16-29-23)14-26(15-22-9-4-10-28-22)13-17-5-2-7-19(24)11-17/h2-3,5-8,11-12,16,22H,4,9-10,13-15H2,1H3. The first-order valence-electron chi connectivity index (χ1n) is 9.87. The van der Waals surface area contributed by atoms with Crippen molar-refractivity contribution in [2.75, 3.05) is 20.3 Å². The van der Waals surface area contributed by atoms with E-state index in [0.717, 1.165) is 53.6 Å². The molecule has 0 radical (unpaired) electrons. The van der Waals surface area contributed by atoms with Gasteiger partial charge in [-0.2, -0.15) is 0 Å². The van der Waals surface area contributed by atoms with Crippen molar-refractivity contribution in [2.24, 2.45) is 0 Å². The predicted octanol–water partition coefficient (Wildman–Crippen LogP) is 5.14. The van der Waals surface area contributed by atoms with Crippen molar-refractivity contribution < 1.29 is 13.9 Å². The summed E-state index contributed by atoms with van der Waals surface area (Å²) >= 11 is 1.63. The van der Waals surface area contributed by atoms with Crippen LogP contribution in [0.25, 0.3) is 10.6 Å². The quantitative estimate of drug-likeness (QED) is 0.513. The van der Waals surface area contributed by atoms with Gasteiger partial charge in [0.2, 0.25) is 0 Å². The smallest absolute Gasteiger partial charge is 0.123 e. The minimum Gasteiger partial charge on any atom is -0.497 e. The number of ether oxygens (including phenoxy) is 2. The van der Waals surface area contributed by atoms with Crippen LogP contribution in [0.15, 0.2) is 53.9 Å². The summed E-state index contributed by atoms with van der Waals surface area (Å²) in [5.74, 6) is 0.624. The molecule has 0 saturated carbocycles. The van der Waals surface area contributed by atoms with E-state index in [0.29, 0.717) is 13.1 Å². The van der Waals surface area contributed by atoms with Gasteiger partial charge in [-0.05, 0) is 42.7 Å². The van der Waals surface area contributed by atoms with E-state index in [2.05, 4.69) is 10.3 Å². The molecule has 4 nitrogen and oxygen atoms in total. The molecule has 0 amide bonds. The molecule has 0 bridgehead atoms. The van der Waals surface area contributed by atoms with Crippen LogP contribution in [-0.2, 0) is 17.8 Å². The fraction of sp³-hybridized carbons (Fsp3) is 0.348. The van der Waals surface area contributed by atoms with Gasteiger partial charge in [-0.25, -0.2) is 9.37 Å². The number of halogens is 1. The highest BCUT2D eigenvalue weighted by atomic mass is 32.1. The van der Waals surface area contributed by atoms with Gasteiger partial charge in [0, 0.05) is 37.2 Å². The molecule has 0 N–H and O–H groups in total. The van der Waals surface area contributed by atoms with Gasteiger partial charge in [-0.1, -0.05) is 24.3 Å². The second-order valence-corrected chi connectivity index (χ2v) is 8.17. The Morgan fingerprint density at radius 2 is 2.10 bits per heavy atom. The lowest BCUT2D eigenvalue weighted by molar-refractivity contribution is 0.0675. The Morgan fingerprint density at radius 1 is 1.21 bits per heavy atom. The van der Waals surface area contributed by atoms with Gasteiger partial charge in [0.05, 0.1) is 18.9 Å². The third-order valence-corrected chi connectivity index (χ3v) is 5.98. The molecular weight excluding hydrogens is 387 g/mol. The van der Waals surface area contributed by atoms with E-state index >= 15 is 0 Å². The molecule has 0 aliphatic carbocycles. The molecule has 1 aliphatic heterocycles. The van der Waals surface area contributed by atoms with Crippen molar-refractivity contribution in [2.45, 2.75) is 32.0 Å². The van der Waals surface area contributed by atoms with Gasteiger partial charge in [0.25, 0.3) is 0 Å². The molecule has 1 saturated heterocycles. The average Bonchev–Trinajstić information content (AvgIpc) is 3.40. The number of thiazole rings is 1. The van der Waals surface area contributed by atoms with Crippen LogP contribution in [-0.4, -0.2) is 36.2 Å². The van der Waals surface area contributed by atoms with Crippen LogP contribution >= 0.6 is 11.3 Å². The molecule has 1 atom stereocenters.